The molecule has 2 rings (SSSR count). The average Bonchev–Trinajstić information content (AvgIpc) is 2.87. The highest BCUT2D eigenvalue weighted by Crippen LogP contribution is 2.18. The Labute approximate surface area is 236 Å². The smallest absolute Gasteiger partial charge is 0.243 e. The number of amides is 4. The number of hydrogen-bond donors (Lipinski definition) is 4. The Kier molecular flexibility index (Phi) is 14.1. The number of thioether (sulfide) groups is 2. The summed E-state index contributed by atoms with van der Waals surface area (Å²) < 4.78 is 0. The monoisotopic (exact) mass is 564 g/mol. The molecule has 1 aliphatic heterocycles. The van der Waals surface area contributed by atoms with E-state index in [4.69, 9.17) is 0 Å². The maximum absolute atomic E-state index is 13.3. The standard InChI is InChI=1S/C28H44N4O4S2/c1-6-19(4)25-28(36)29-11-13-38-17-22-9-7-8-21(15-22)16-37-12-10-24(33)30-20(5)26(34)31-23(14-18(2)3)27(35)32-25/h7-9,15,18-20,23,25H,6,10-14,16-17H2,1-5H3,(H,29,36)(H,30,33)(H,31,34)(H,32,35)/t19-,20+,23-,25-/m0/s1. The third-order valence-corrected chi connectivity index (χ3v) is 8.51. The van der Waals surface area contributed by atoms with Gasteiger partial charge < -0.3 is 21.3 Å². The van der Waals surface area contributed by atoms with Crippen LogP contribution in [0.2, 0.25) is 0 Å². The van der Waals surface area contributed by atoms with Crippen LogP contribution in [0, 0.1) is 11.8 Å². The predicted octanol–water partition coefficient (Wildman–Crippen LogP) is 3.24. The minimum absolute atomic E-state index is 0.0774. The van der Waals surface area contributed by atoms with Crippen LogP contribution in [0.25, 0.3) is 0 Å². The van der Waals surface area contributed by atoms with Gasteiger partial charge in [-0.2, -0.15) is 23.5 Å². The molecule has 38 heavy (non-hydrogen) atoms. The van der Waals surface area contributed by atoms with Crippen molar-refractivity contribution in [3.05, 3.63) is 35.4 Å². The number of rotatable bonds is 4. The molecule has 1 heterocycles. The highest BCUT2D eigenvalue weighted by Gasteiger charge is 2.31. The molecule has 0 radical (unpaired) electrons. The Morgan fingerprint density at radius 3 is 2.18 bits per heavy atom. The van der Waals surface area contributed by atoms with Crippen LogP contribution in [-0.2, 0) is 30.7 Å². The third-order valence-electron chi connectivity index (χ3n) is 6.45. The SMILES string of the molecule is CC[C@H](C)[C@@H]1NC(=O)[C@H](CC(C)C)NC(=O)[C@@H](C)NC(=O)CCSCc2cccc(c2)CSCCNC1=O. The van der Waals surface area contributed by atoms with Crippen LogP contribution >= 0.6 is 23.5 Å². The van der Waals surface area contributed by atoms with Gasteiger partial charge in [-0.15, -0.1) is 0 Å². The van der Waals surface area contributed by atoms with Gasteiger partial charge in [-0.3, -0.25) is 19.2 Å². The molecule has 4 N–H and O–H groups in total. The van der Waals surface area contributed by atoms with E-state index in [1.807, 2.05) is 33.8 Å². The van der Waals surface area contributed by atoms with Gasteiger partial charge in [-0.1, -0.05) is 58.4 Å². The van der Waals surface area contributed by atoms with Crippen LogP contribution in [0.1, 0.15) is 65.0 Å². The van der Waals surface area contributed by atoms with Crippen molar-refractivity contribution >= 4 is 47.2 Å². The molecular formula is C28H44N4O4S2. The predicted molar refractivity (Wildman–Crippen MR) is 157 cm³/mol. The van der Waals surface area contributed by atoms with Crippen molar-refractivity contribution < 1.29 is 19.2 Å². The lowest BCUT2D eigenvalue weighted by Crippen LogP contribution is -2.58. The molecule has 1 aliphatic rings. The Balaban J connectivity index is 2.19. The fourth-order valence-corrected chi connectivity index (χ4v) is 5.74. The lowest BCUT2D eigenvalue weighted by Gasteiger charge is -2.28. The van der Waals surface area contributed by atoms with Crippen molar-refractivity contribution in [2.24, 2.45) is 11.8 Å². The molecule has 0 saturated heterocycles. The molecule has 1 aromatic carbocycles. The zero-order valence-electron chi connectivity index (χ0n) is 23.3. The second kappa shape index (κ2) is 16.7. The molecule has 4 atom stereocenters. The van der Waals surface area contributed by atoms with E-state index in [1.54, 1.807) is 30.4 Å². The Morgan fingerprint density at radius 2 is 1.55 bits per heavy atom. The number of benzene rings is 1. The molecule has 1 aromatic rings. The van der Waals surface area contributed by atoms with Gasteiger partial charge in [0.05, 0.1) is 0 Å². The van der Waals surface area contributed by atoms with Gasteiger partial charge in [0.2, 0.25) is 23.6 Å². The summed E-state index contributed by atoms with van der Waals surface area (Å²) in [5, 5.41) is 11.4. The zero-order valence-corrected chi connectivity index (χ0v) is 24.9. The van der Waals surface area contributed by atoms with Crippen LogP contribution in [-0.4, -0.2) is 59.8 Å². The van der Waals surface area contributed by atoms with E-state index in [9.17, 15) is 19.2 Å². The number of nitrogens with one attached hydrogen (secondary N) is 4. The van der Waals surface area contributed by atoms with Gasteiger partial charge in [-0.25, -0.2) is 0 Å². The summed E-state index contributed by atoms with van der Waals surface area (Å²) in [6, 6.07) is 6.12. The molecule has 8 nitrogen and oxygen atoms in total. The molecule has 2 bridgehead atoms. The summed E-state index contributed by atoms with van der Waals surface area (Å²) >= 11 is 3.42. The molecule has 10 heteroatoms. The normalized spacial score (nSPS) is 24.2. The maximum Gasteiger partial charge on any atom is 0.243 e. The molecule has 0 saturated carbocycles. The second-order valence-electron chi connectivity index (χ2n) is 10.3. The van der Waals surface area contributed by atoms with Gasteiger partial charge in [0.15, 0.2) is 0 Å². The van der Waals surface area contributed by atoms with E-state index in [2.05, 4.69) is 39.5 Å². The summed E-state index contributed by atoms with van der Waals surface area (Å²) in [5.74, 6) is 1.88. The average molecular weight is 565 g/mol. The first-order chi connectivity index (χ1) is 18.1. The van der Waals surface area contributed by atoms with Crippen molar-refractivity contribution in [1.82, 2.24) is 21.3 Å². The molecule has 0 unspecified atom stereocenters. The van der Waals surface area contributed by atoms with Gasteiger partial charge in [0.1, 0.15) is 18.1 Å². The number of carbonyl (C=O) groups is 4. The van der Waals surface area contributed by atoms with Gasteiger partial charge in [0, 0.05) is 36.0 Å². The van der Waals surface area contributed by atoms with Crippen molar-refractivity contribution in [2.45, 2.75) is 83.5 Å². The Morgan fingerprint density at radius 1 is 0.895 bits per heavy atom. The lowest BCUT2D eigenvalue weighted by molar-refractivity contribution is -0.134. The highest BCUT2D eigenvalue weighted by atomic mass is 32.2. The van der Waals surface area contributed by atoms with Crippen molar-refractivity contribution in [3.8, 4) is 0 Å². The van der Waals surface area contributed by atoms with E-state index < -0.39 is 24.0 Å². The van der Waals surface area contributed by atoms with E-state index in [-0.39, 0.29) is 29.6 Å². The van der Waals surface area contributed by atoms with Crippen LogP contribution in [0.5, 0.6) is 0 Å². The molecule has 0 fully saturated rings. The summed E-state index contributed by atoms with van der Waals surface area (Å²) in [4.78, 5) is 51.7. The van der Waals surface area contributed by atoms with E-state index in [0.717, 1.165) is 17.3 Å². The van der Waals surface area contributed by atoms with Crippen molar-refractivity contribution in [2.75, 3.05) is 18.1 Å². The highest BCUT2D eigenvalue weighted by molar-refractivity contribution is 7.98. The Hall–Kier alpha value is -2.20. The first-order valence-corrected chi connectivity index (χ1v) is 15.8. The van der Waals surface area contributed by atoms with Crippen LogP contribution in [0.4, 0.5) is 0 Å². The first-order valence-electron chi connectivity index (χ1n) is 13.5. The quantitative estimate of drug-likeness (QED) is 0.446. The van der Waals surface area contributed by atoms with Gasteiger partial charge >= 0.3 is 0 Å². The van der Waals surface area contributed by atoms with Crippen LogP contribution in [0.15, 0.2) is 24.3 Å². The molecule has 0 aromatic heterocycles. The maximum atomic E-state index is 13.3. The Bertz CT molecular complexity index is 943. The summed E-state index contributed by atoms with van der Waals surface area (Å²) in [5.41, 5.74) is 2.43. The van der Waals surface area contributed by atoms with Gasteiger partial charge in [0.25, 0.3) is 0 Å². The fourth-order valence-electron chi connectivity index (χ4n) is 4.05. The zero-order chi connectivity index (χ0) is 28.1. The first kappa shape index (κ1) is 32.0. The van der Waals surface area contributed by atoms with Crippen LogP contribution < -0.4 is 21.3 Å². The number of fused-ring (bicyclic) bond motifs is 2. The van der Waals surface area contributed by atoms with E-state index >= 15 is 0 Å². The van der Waals surface area contributed by atoms with Crippen molar-refractivity contribution in [3.63, 3.8) is 0 Å². The lowest BCUT2D eigenvalue weighted by atomic mass is 9.96. The second-order valence-corrected chi connectivity index (χ2v) is 12.5. The van der Waals surface area contributed by atoms with Crippen molar-refractivity contribution in [1.29, 1.82) is 0 Å². The topological polar surface area (TPSA) is 116 Å². The third kappa shape index (κ3) is 11.3. The molecule has 0 aliphatic carbocycles. The van der Waals surface area contributed by atoms with Gasteiger partial charge in [-0.05, 0) is 36.3 Å². The van der Waals surface area contributed by atoms with E-state index in [0.29, 0.717) is 31.6 Å². The minimum Gasteiger partial charge on any atom is -0.353 e. The summed E-state index contributed by atoms with van der Waals surface area (Å²) in [6.07, 6.45) is 1.44. The van der Waals surface area contributed by atoms with E-state index in [1.165, 1.54) is 11.1 Å². The number of carbonyl (C=O) groups excluding carboxylic acids is 4. The fraction of sp³-hybridized carbons (Fsp3) is 0.643. The molecule has 4 amide bonds. The largest absolute Gasteiger partial charge is 0.353 e. The molecular weight excluding hydrogens is 520 g/mol. The molecule has 0 spiro atoms. The summed E-state index contributed by atoms with van der Waals surface area (Å²) in [6.45, 7) is 9.97. The molecule has 212 valence electrons. The van der Waals surface area contributed by atoms with Crippen LogP contribution in [0.3, 0.4) is 0 Å². The summed E-state index contributed by atoms with van der Waals surface area (Å²) in [7, 11) is 0. The minimum atomic E-state index is -0.806. The number of hydrogen-bond acceptors (Lipinski definition) is 6.